The number of amides is 1. The van der Waals surface area contributed by atoms with E-state index in [2.05, 4.69) is 15.3 Å². The van der Waals surface area contributed by atoms with Crippen LogP contribution in [-0.2, 0) is 24.4 Å². The summed E-state index contributed by atoms with van der Waals surface area (Å²) < 4.78 is 10.8. The van der Waals surface area contributed by atoms with Gasteiger partial charge in [0.1, 0.15) is 24.0 Å². The van der Waals surface area contributed by atoms with E-state index in [1.54, 1.807) is 6.20 Å². The van der Waals surface area contributed by atoms with Crippen LogP contribution in [-0.4, -0.2) is 22.6 Å². The Bertz CT molecular complexity index is 850. The molecule has 2 aromatic heterocycles. The molecule has 0 aliphatic heterocycles. The standard InChI is InChI=1S/C20H21N3O3S/c1-15-7-8-18(11-22-15)25-13-19-23-17(14-27-19)9-10-21-20(24)26-12-16-5-3-2-4-6-16/h2-8,11,14H,9-10,12-13H2,1H3,(H,21,24). The highest BCUT2D eigenvalue weighted by Gasteiger charge is 2.06. The molecule has 3 aromatic rings. The van der Waals surface area contributed by atoms with Gasteiger partial charge in [-0.3, -0.25) is 4.98 Å². The van der Waals surface area contributed by atoms with Crippen LogP contribution in [0.3, 0.4) is 0 Å². The Labute approximate surface area is 162 Å². The maximum Gasteiger partial charge on any atom is 0.407 e. The molecule has 0 saturated carbocycles. The molecular formula is C20H21N3O3S. The quantitative estimate of drug-likeness (QED) is 0.639. The zero-order valence-corrected chi connectivity index (χ0v) is 15.9. The summed E-state index contributed by atoms with van der Waals surface area (Å²) in [5, 5.41) is 5.60. The first-order chi connectivity index (χ1) is 13.2. The minimum atomic E-state index is -0.426. The number of nitrogens with one attached hydrogen (secondary N) is 1. The normalized spacial score (nSPS) is 10.4. The first-order valence-corrected chi connectivity index (χ1v) is 9.50. The van der Waals surface area contributed by atoms with E-state index in [1.807, 2.05) is 54.8 Å². The van der Waals surface area contributed by atoms with Crippen LogP contribution in [0.25, 0.3) is 0 Å². The summed E-state index contributed by atoms with van der Waals surface area (Å²) in [6.07, 6.45) is 1.92. The highest BCUT2D eigenvalue weighted by atomic mass is 32.1. The van der Waals surface area contributed by atoms with Crippen molar-refractivity contribution in [1.29, 1.82) is 0 Å². The van der Waals surface area contributed by atoms with Crippen LogP contribution in [0.1, 0.15) is 22.0 Å². The Morgan fingerprint density at radius 1 is 1.15 bits per heavy atom. The molecule has 0 aliphatic rings. The van der Waals surface area contributed by atoms with Crippen LogP contribution < -0.4 is 10.1 Å². The lowest BCUT2D eigenvalue weighted by molar-refractivity contribution is 0.140. The molecule has 0 unspecified atom stereocenters. The summed E-state index contributed by atoms with van der Waals surface area (Å²) in [6, 6.07) is 13.4. The molecule has 1 aromatic carbocycles. The second-order valence-corrected chi connectivity index (χ2v) is 6.84. The fourth-order valence-corrected chi connectivity index (χ4v) is 3.02. The van der Waals surface area contributed by atoms with Gasteiger partial charge in [-0.2, -0.15) is 0 Å². The number of ether oxygens (including phenoxy) is 2. The van der Waals surface area contributed by atoms with Gasteiger partial charge in [-0.05, 0) is 24.6 Å². The number of hydrogen-bond acceptors (Lipinski definition) is 6. The molecule has 0 aliphatic carbocycles. The van der Waals surface area contributed by atoms with Crippen molar-refractivity contribution in [3.05, 3.63) is 76.0 Å². The van der Waals surface area contributed by atoms with Gasteiger partial charge in [0.05, 0.1) is 11.9 Å². The van der Waals surface area contributed by atoms with Gasteiger partial charge < -0.3 is 14.8 Å². The lowest BCUT2D eigenvalue weighted by Crippen LogP contribution is -2.26. The molecule has 2 heterocycles. The predicted octanol–water partition coefficient (Wildman–Crippen LogP) is 3.89. The van der Waals surface area contributed by atoms with E-state index in [4.69, 9.17) is 9.47 Å². The fourth-order valence-electron chi connectivity index (χ4n) is 2.28. The maximum absolute atomic E-state index is 11.7. The van der Waals surface area contributed by atoms with Crippen molar-refractivity contribution in [3.63, 3.8) is 0 Å². The number of aryl methyl sites for hydroxylation is 1. The van der Waals surface area contributed by atoms with Crippen molar-refractivity contribution in [3.8, 4) is 5.75 Å². The molecule has 27 heavy (non-hydrogen) atoms. The molecule has 0 atom stereocenters. The Kier molecular flexibility index (Phi) is 6.76. The summed E-state index contributed by atoms with van der Waals surface area (Å²) in [6.45, 7) is 3.07. The van der Waals surface area contributed by atoms with Gasteiger partial charge in [-0.25, -0.2) is 9.78 Å². The third-order valence-electron chi connectivity index (χ3n) is 3.71. The summed E-state index contributed by atoms with van der Waals surface area (Å²) in [5.74, 6) is 0.722. The number of carbonyl (C=O) groups excluding carboxylic acids is 1. The molecule has 0 spiro atoms. The van der Waals surface area contributed by atoms with Crippen LogP contribution in [0.2, 0.25) is 0 Å². The number of hydrogen-bond donors (Lipinski definition) is 1. The number of pyridine rings is 1. The Balaban J connectivity index is 1.35. The first-order valence-electron chi connectivity index (χ1n) is 8.62. The molecule has 140 valence electrons. The van der Waals surface area contributed by atoms with Crippen molar-refractivity contribution in [1.82, 2.24) is 15.3 Å². The van der Waals surface area contributed by atoms with Crippen molar-refractivity contribution < 1.29 is 14.3 Å². The Morgan fingerprint density at radius 3 is 2.78 bits per heavy atom. The van der Waals surface area contributed by atoms with Gasteiger partial charge >= 0.3 is 6.09 Å². The summed E-state index contributed by atoms with van der Waals surface area (Å²) >= 11 is 1.54. The number of rotatable bonds is 8. The summed E-state index contributed by atoms with van der Waals surface area (Å²) in [5.41, 5.74) is 2.83. The summed E-state index contributed by atoms with van der Waals surface area (Å²) in [4.78, 5) is 20.4. The molecule has 1 N–H and O–H groups in total. The van der Waals surface area contributed by atoms with Crippen molar-refractivity contribution in [2.45, 2.75) is 26.6 Å². The van der Waals surface area contributed by atoms with Crippen LogP contribution in [0.15, 0.2) is 54.0 Å². The maximum atomic E-state index is 11.7. The van der Waals surface area contributed by atoms with Gasteiger partial charge in [0.2, 0.25) is 0 Å². The van der Waals surface area contributed by atoms with Crippen molar-refractivity contribution in [2.24, 2.45) is 0 Å². The van der Waals surface area contributed by atoms with Gasteiger partial charge in [0.15, 0.2) is 0 Å². The second-order valence-electron chi connectivity index (χ2n) is 5.90. The molecule has 7 heteroatoms. The number of aromatic nitrogens is 2. The number of benzene rings is 1. The first kappa shape index (κ1) is 18.8. The molecule has 0 saturated heterocycles. The highest BCUT2D eigenvalue weighted by Crippen LogP contribution is 2.15. The number of alkyl carbamates (subject to hydrolysis) is 1. The van der Waals surface area contributed by atoms with Crippen LogP contribution in [0.5, 0.6) is 5.75 Å². The second kappa shape index (κ2) is 9.68. The van der Waals surface area contributed by atoms with Crippen LogP contribution in [0, 0.1) is 6.92 Å². The SMILES string of the molecule is Cc1ccc(OCc2nc(CCNC(=O)OCc3ccccc3)cs2)cn1. The topological polar surface area (TPSA) is 73.3 Å². The van der Waals surface area contributed by atoms with E-state index in [0.29, 0.717) is 19.6 Å². The molecular weight excluding hydrogens is 362 g/mol. The molecule has 0 fully saturated rings. The van der Waals surface area contributed by atoms with Gasteiger partial charge in [0, 0.05) is 24.0 Å². The van der Waals surface area contributed by atoms with Gasteiger partial charge in [-0.1, -0.05) is 30.3 Å². The lowest BCUT2D eigenvalue weighted by Gasteiger charge is -2.06. The number of nitrogens with zero attached hydrogens (tertiary/aromatic N) is 2. The average molecular weight is 383 g/mol. The highest BCUT2D eigenvalue weighted by molar-refractivity contribution is 7.09. The zero-order chi connectivity index (χ0) is 18.9. The predicted molar refractivity (Wildman–Crippen MR) is 104 cm³/mol. The van der Waals surface area contributed by atoms with E-state index in [0.717, 1.165) is 27.7 Å². The smallest absolute Gasteiger partial charge is 0.407 e. The van der Waals surface area contributed by atoms with Crippen LogP contribution in [0.4, 0.5) is 4.79 Å². The van der Waals surface area contributed by atoms with Crippen LogP contribution >= 0.6 is 11.3 Å². The third kappa shape index (κ3) is 6.38. The number of thiazole rings is 1. The third-order valence-corrected chi connectivity index (χ3v) is 4.58. The Hall–Kier alpha value is -2.93. The van der Waals surface area contributed by atoms with E-state index < -0.39 is 6.09 Å². The molecule has 3 rings (SSSR count). The van der Waals surface area contributed by atoms with E-state index in [-0.39, 0.29) is 6.61 Å². The Morgan fingerprint density at radius 2 is 2.00 bits per heavy atom. The molecule has 1 amide bonds. The van der Waals surface area contributed by atoms with Gasteiger partial charge in [0.25, 0.3) is 0 Å². The van der Waals surface area contributed by atoms with Gasteiger partial charge in [-0.15, -0.1) is 11.3 Å². The summed E-state index contributed by atoms with van der Waals surface area (Å²) in [7, 11) is 0. The number of carbonyl (C=O) groups is 1. The average Bonchev–Trinajstić information content (AvgIpc) is 3.14. The minimum Gasteiger partial charge on any atom is -0.485 e. The van der Waals surface area contributed by atoms with E-state index in [1.165, 1.54) is 11.3 Å². The zero-order valence-electron chi connectivity index (χ0n) is 15.1. The minimum absolute atomic E-state index is 0.263. The largest absolute Gasteiger partial charge is 0.485 e. The molecule has 0 radical (unpaired) electrons. The molecule has 0 bridgehead atoms. The monoisotopic (exact) mass is 383 g/mol. The van der Waals surface area contributed by atoms with Crippen molar-refractivity contribution >= 4 is 17.4 Å². The van der Waals surface area contributed by atoms with Crippen molar-refractivity contribution in [2.75, 3.05) is 6.54 Å². The van der Waals surface area contributed by atoms with E-state index >= 15 is 0 Å². The molecule has 6 nitrogen and oxygen atoms in total. The van der Waals surface area contributed by atoms with E-state index in [9.17, 15) is 4.79 Å². The fraction of sp³-hybridized carbons (Fsp3) is 0.250. The lowest BCUT2D eigenvalue weighted by atomic mass is 10.2.